The van der Waals surface area contributed by atoms with Crippen LogP contribution in [0.2, 0.25) is 0 Å². The molecule has 2 atom stereocenters. The molecule has 2 N–H and O–H groups in total. The molecule has 1 fully saturated rings. The monoisotopic (exact) mass is 204 g/mol. The Morgan fingerprint density at radius 3 is 2.80 bits per heavy atom. The predicted octanol–water partition coefficient (Wildman–Crippen LogP) is 2.63. The molecule has 1 saturated heterocycles. The van der Waals surface area contributed by atoms with Crippen molar-refractivity contribution < 1.29 is 0 Å². The lowest BCUT2D eigenvalue weighted by Crippen LogP contribution is -2.44. The molecule has 1 heterocycles. The van der Waals surface area contributed by atoms with Gasteiger partial charge >= 0.3 is 0 Å². The molecule has 1 aromatic carbocycles. The Morgan fingerprint density at radius 1 is 1.27 bits per heavy atom. The standard InChI is InChI=1S/C13H20N2/c1-11-6-5-9-13(15-11)10-14-12-7-3-2-4-8-12/h2-4,7-8,11,13-15H,5-6,9-10H2,1H3. The number of para-hydroxylation sites is 1. The summed E-state index contributed by atoms with van der Waals surface area (Å²) in [5, 5.41) is 7.10. The molecule has 0 aromatic heterocycles. The van der Waals surface area contributed by atoms with Gasteiger partial charge in [0.1, 0.15) is 0 Å². The van der Waals surface area contributed by atoms with Crippen LogP contribution in [0.25, 0.3) is 0 Å². The zero-order valence-corrected chi connectivity index (χ0v) is 9.37. The van der Waals surface area contributed by atoms with Crippen LogP contribution in [0.15, 0.2) is 30.3 Å². The number of rotatable bonds is 3. The van der Waals surface area contributed by atoms with E-state index in [1.165, 1.54) is 24.9 Å². The molecule has 0 radical (unpaired) electrons. The van der Waals surface area contributed by atoms with Crippen LogP contribution in [0, 0.1) is 0 Å². The Balaban J connectivity index is 1.78. The van der Waals surface area contributed by atoms with E-state index in [0.717, 1.165) is 6.54 Å². The van der Waals surface area contributed by atoms with E-state index in [4.69, 9.17) is 0 Å². The summed E-state index contributed by atoms with van der Waals surface area (Å²) >= 11 is 0. The van der Waals surface area contributed by atoms with Crippen LogP contribution in [-0.2, 0) is 0 Å². The summed E-state index contributed by atoms with van der Waals surface area (Å²) in [4.78, 5) is 0. The quantitative estimate of drug-likeness (QED) is 0.791. The van der Waals surface area contributed by atoms with E-state index in [2.05, 4.69) is 41.8 Å². The summed E-state index contributed by atoms with van der Waals surface area (Å²) in [6.45, 7) is 3.31. The van der Waals surface area contributed by atoms with Gasteiger partial charge in [-0.25, -0.2) is 0 Å². The molecule has 2 unspecified atom stereocenters. The van der Waals surface area contributed by atoms with Gasteiger partial charge in [-0.05, 0) is 31.9 Å². The molecule has 0 aliphatic carbocycles. The first-order chi connectivity index (χ1) is 7.34. The fourth-order valence-electron chi connectivity index (χ4n) is 2.20. The van der Waals surface area contributed by atoms with E-state index in [-0.39, 0.29) is 0 Å². The topological polar surface area (TPSA) is 24.1 Å². The number of hydrogen-bond acceptors (Lipinski definition) is 2. The van der Waals surface area contributed by atoms with Crippen LogP contribution in [-0.4, -0.2) is 18.6 Å². The van der Waals surface area contributed by atoms with Crippen molar-refractivity contribution in [2.24, 2.45) is 0 Å². The van der Waals surface area contributed by atoms with E-state index in [9.17, 15) is 0 Å². The molecule has 0 spiro atoms. The lowest BCUT2D eigenvalue weighted by molar-refractivity contribution is 0.345. The van der Waals surface area contributed by atoms with Gasteiger partial charge in [0.25, 0.3) is 0 Å². The van der Waals surface area contributed by atoms with Crippen LogP contribution in [0.1, 0.15) is 26.2 Å². The Hall–Kier alpha value is -1.02. The molecule has 1 aliphatic heterocycles. The van der Waals surface area contributed by atoms with Crippen LogP contribution < -0.4 is 10.6 Å². The predicted molar refractivity (Wildman–Crippen MR) is 65.2 cm³/mol. The summed E-state index contributed by atoms with van der Waals surface area (Å²) < 4.78 is 0. The van der Waals surface area contributed by atoms with E-state index >= 15 is 0 Å². The number of benzene rings is 1. The minimum absolute atomic E-state index is 0.633. The average Bonchev–Trinajstić information content (AvgIpc) is 2.28. The Labute approximate surface area is 92.1 Å². The summed E-state index contributed by atoms with van der Waals surface area (Å²) in [7, 11) is 0. The van der Waals surface area contributed by atoms with Gasteiger partial charge in [-0.2, -0.15) is 0 Å². The maximum absolute atomic E-state index is 3.62. The maximum Gasteiger partial charge on any atom is 0.0340 e. The van der Waals surface area contributed by atoms with Crippen molar-refractivity contribution in [3.63, 3.8) is 0 Å². The zero-order valence-electron chi connectivity index (χ0n) is 9.37. The molecule has 15 heavy (non-hydrogen) atoms. The van der Waals surface area contributed by atoms with E-state index in [1.807, 2.05) is 6.07 Å². The molecule has 0 bridgehead atoms. The van der Waals surface area contributed by atoms with E-state index in [1.54, 1.807) is 0 Å². The van der Waals surface area contributed by atoms with Crippen molar-refractivity contribution in [3.8, 4) is 0 Å². The van der Waals surface area contributed by atoms with Gasteiger partial charge in [0.15, 0.2) is 0 Å². The Bertz CT molecular complexity index is 284. The number of piperidine rings is 1. The largest absolute Gasteiger partial charge is 0.383 e. The third kappa shape index (κ3) is 3.24. The van der Waals surface area contributed by atoms with Crippen molar-refractivity contribution in [2.75, 3.05) is 11.9 Å². The van der Waals surface area contributed by atoms with Crippen LogP contribution >= 0.6 is 0 Å². The van der Waals surface area contributed by atoms with E-state index < -0.39 is 0 Å². The first kappa shape index (κ1) is 10.5. The molecule has 82 valence electrons. The van der Waals surface area contributed by atoms with Gasteiger partial charge in [0.2, 0.25) is 0 Å². The number of hydrogen-bond donors (Lipinski definition) is 2. The highest BCUT2D eigenvalue weighted by Gasteiger charge is 2.16. The number of nitrogens with one attached hydrogen (secondary N) is 2. The maximum atomic E-state index is 3.62. The third-order valence-corrected chi connectivity index (χ3v) is 3.04. The minimum Gasteiger partial charge on any atom is -0.383 e. The van der Waals surface area contributed by atoms with Gasteiger partial charge in [0.05, 0.1) is 0 Å². The van der Waals surface area contributed by atoms with E-state index in [0.29, 0.717) is 12.1 Å². The fraction of sp³-hybridized carbons (Fsp3) is 0.538. The molecular weight excluding hydrogens is 184 g/mol. The summed E-state index contributed by atoms with van der Waals surface area (Å²) in [6, 6.07) is 11.7. The third-order valence-electron chi connectivity index (χ3n) is 3.04. The smallest absolute Gasteiger partial charge is 0.0340 e. The molecule has 2 rings (SSSR count). The lowest BCUT2D eigenvalue weighted by atomic mass is 9.99. The van der Waals surface area contributed by atoms with Gasteiger partial charge in [-0.1, -0.05) is 24.6 Å². The molecule has 2 heteroatoms. The van der Waals surface area contributed by atoms with Gasteiger partial charge in [-0.3, -0.25) is 0 Å². The van der Waals surface area contributed by atoms with Gasteiger partial charge in [0, 0.05) is 24.3 Å². The molecule has 1 aliphatic rings. The number of anilines is 1. The fourth-order valence-corrected chi connectivity index (χ4v) is 2.20. The summed E-state index contributed by atoms with van der Waals surface area (Å²) in [5.74, 6) is 0. The summed E-state index contributed by atoms with van der Waals surface area (Å²) in [6.07, 6.45) is 3.97. The highest BCUT2D eigenvalue weighted by molar-refractivity contribution is 5.42. The van der Waals surface area contributed by atoms with Crippen molar-refractivity contribution in [1.29, 1.82) is 0 Å². The minimum atomic E-state index is 0.633. The average molecular weight is 204 g/mol. The molecule has 2 nitrogen and oxygen atoms in total. The second-order valence-corrected chi connectivity index (χ2v) is 4.44. The van der Waals surface area contributed by atoms with Crippen LogP contribution in [0.5, 0.6) is 0 Å². The lowest BCUT2D eigenvalue weighted by Gasteiger charge is -2.29. The first-order valence-corrected chi connectivity index (χ1v) is 5.89. The van der Waals surface area contributed by atoms with Gasteiger partial charge in [-0.15, -0.1) is 0 Å². The van der Waals surface area contributed by atoms with Crippen molar-refractivity contribution in [2.45, 2.75) is 38.3 Å². The zero-order chi connectivity index (χ0) is 10.5. The molecule has 0 saturated carbocycles. The second-order valence-electron chi connectivity index (χ2n) is 4.44. The molecule has 0 amide bonds. The van der Waals surface area contributed by atoms with Crippen LogP contribution in [0.3, 0.4) is 0 Å². The Kier molecular flexibility index (Phi) is 3.62. The SMILES string of the molecule is CC1CCCC(CNc2ccccc2)N1. The summed E-state index contributed by atoms with van der Waals surface area (Å²) in [5.41, 5.74) is 1.22. The van der Waals surface area contributed by atoms with Crippen LogP contribution in [0.4, 0.5) is 5.69 Å². The first-order valence-electron chi connectivity index (χ1n) is 5.89. The van der Waals surface area contributed by atoms with Crippen molar-refractivity contribution >= 4 is 5.69 Å². The highest BCUT2D eigenvalue weighted by Crippen LogP contribution is 2.13. The highest BCUT2D eigenvalue weighted by atomic mass is 15.0. The Morgan fingerprint density at radius 2 is 2.07 bits per heavy atom. The van der Waals surface area contributed by atoms with Crippen molar-refractivity contribution in [3.05, 3.63) is 30.3 Å². The second kappa shape index (κ2) is 5.17. The van der Waals surface area contributed by atoms with Crippen molar-refractivity contribution in [1.82, 2.24) is 5.32 Å². The normalized spacial score (nSPS) is 26.2. The molecule has 1 aromatic rings. The van der Waals surface area contributed by atoms with Gasteiger partial charge < -0.3 is 10.6 Å². The molecular formula is C13H20N2.